The van der Waals surface area contributed by atoms with E-state index in [4.69, 9.17) is 0 Å². The van der Waals surface area contributed by atoms with Gasteiger partial charge in [-0.3, -0.25) is 0 Å². The first-order valence-corrected chi connectivity index (χ1v) is 6.17. The standard InChI is InChI=1S/C12H14N4S/c1-9-5-7-15-12(16-9)17-11-10(8-13-2)4-3-6-14-11/h3-7,13H,8H2,1-2H3. The highest BCUT2D eigenvalue weighted by molar-refractivity contribution is 7.99. The predicted molar refractivity (Wildman–Crippen MR) is 67.9 cm³/mol. The molecule has 2 aromatic heterocycles. The average Bonchev–Trinajstić information content (AvgIpc) is 2.32. The fourth-order valence-corrected chi connectivity index (χ4v) is 2.26. The Bertz CT molecular complexity index is 501. The van der Waals surface area contributed by atoms with Gasteiger partial charge in [-0.15, -0.1) is 0 Å². The summed E-state index contributed by atoms with van der Waals surface area (Å²) < 4.78 is 0. The van der Waals surface area contributed by atoms with Crippen molar-refractivity contribution in [1.29, 1.82) is 0 Å². The van der Waals surface area contributed by atoms with Gasteiger partial charge in [0, 0.05) is 24.6 Å². The third kappa shape index (κ3) is 3.25. The van der Waals surface area contributed by atoms with Crippen molar-refractivity contribution in [3.63, 3.8) is 0 Å². The highest BCUT2D eigenvalue weighted by Crippen LogP contribution is 2.25. The summed E-state index contributed by atoms with van der Waals surface area (Å²) in [5, 5.41) is 4.82. The molecule has 0 saturated carbocycles. The summed E-state index contributed by atoms with van der Waals surface area (Å²) in [7, 11) is 1.92. The highest BCUT2D eigenvalue weighted by atomic mass is 32.2. The lowest BCUT2D eigenvalue weighted by Gasteiger charge is -2.06. The van der Waals surface area contributed by atoms with Crippen LogP contribution in [0.25, 0.3) is 0 Å². The molecule has 0 atom stereocenters. The monoisotopic (exact) mass is 246 g/mol. The van der Waals surface area contributed by atoms with Crippen molar-refractivity contribution < 1.29 is 0 Å². The van der Waals surface area contributed by atoms with Gasteiger partial charge < -0.3 is 5.32 Å². The van der Waals surface area contributed by atoms with Crippen molar-refractivity contribution in [1.82, 2.24) is 20.3 Å². The fourth-order valence-electron chi connectivity index (χ4n) is 1.40. The second-order valence-corrected chi connectivity index (χ2v) is 4.54. The highest BCUT2D eigenvalue weighted by Gasteiger charge is 2.06. The van der Waals surface area contributed by atoms with Gasteiger partial charge in [0.25, 0.3) is 0 Å². The molecule has 0 saturated heterocycles. The van der Waals surface area contributed by atoms with E-state index in [1.165, 1.54) is 11.8 Å². The number of nitrogens with one attached hydrogen (secondary N) is 1. The minimum absolute atomic E-state index is 0.737. The van der Waals surface area contributed by atoms with Gasteiger partial charge in [0.1, 0.15) is 5.03 Å². The molecule has 2 aromatic rings. The van der Waals surface area contributed by atoms with Crippen molar-refractivity contribution in [3.05, 3.63) is 41.9 Å². The SMILES string of the molecule is CNCc1cccnc1Sc1nccc(C)n1. The largest absolute Gasteiger partial charge is 0.316 e. The van der Waals surface area contributed by atoms with Crippen LogP contribution < -0.4 is 5.32 Å². The molecule has 0 spiro atoms. The van der Waals surface area contributed by atoms with Crippen LogP contribution in [0.15, 0.2) is 40.8 Å². The lowest BCUT2D eigenvalue weighted by molar-refractivity contribution is 0.788. The van der Waals surface area contributed by atoms with Crippen LogP contribution >= 0.6 is 11.8 Å². The molecule has 0 amide bonds. The Balaban J connectivity index is 2.23. The number of hydrogen-bond donors (Lipinski definition) is 1. The van der Waals surface area contributed by atoms with Gasteiger partial charge in [0.2, 0.25) is 0 Å². The molecule has 0 aliphatic carbocycles. The number of aromatic nitrogens is 3. The molecular formula is C12H14N4S. The summed E-state index contributed by atoms with van der Waals surface area (Å²) in [6, 6.07) is 5.88. The van der Waals surface area contributed by atoms with Crippen molar-refractivity contribution in [2.45, 2.75) is 23.7 Å². The van der Waals surface area contributed by atoms with Crippen LogP contribution in [0.5, 0.6) is 0 Å². The van der Waals surface area contributed by atoms with Gasteiger partial charge in [0.05, 0.1) is 0 Å². The van der Waals surface area contributed by atoms with Crippen LogP contribution in [0, 0.1) is 6.92 Å². The smallest absolute Gasteiger partial charge is 0.194 e. The number of hydrogen-bond acceptors (Lipinski definition) is 5. The molecule has 0 fully saturated rings. The number of nitrogens with zero attached hydrogens (tertiary/aromatic N) is 3. The van der Waals surface area contributed by atoms with Gasteiger partial charge in [-0.05, 0) is 43.4 Å². The molecular weight excluding hydrogens is 232 g/mol. The number of pyridine rings is 1. The topological polar surface area (TPSA) is 50.7 Å². The summed E-state index contributed by atoms with van der Waals surface area (Å²) in [6.45, 7) is 2.75. The molecule has 4 nitrogen and oxygen atoms in total. The fraction of sp³-hybridized carbons (Fsp3) is 0.250. The normalized spacial score (nSPS) is 10.5. The molecule has 1 N–H and O–H groups in total. The van der Waals surface area contributed by atoms with Crippen LogP contribution in [0.1, 0.15) is 11.3 Å². The maximum absolute atomic E-state index is 4.37. The van der Waals surface area contributed by atoms with Gasteiger partial charge >= 0.3 is 0 Å². The zero-order chi connectivity index (χ0) is 12.1. The maximum Gasteiger partial charge on any atom is 0.194 e. The number of aryl methyl sites for hydroxylation is 1. The summed E-state index contributed by atoms with van der Waals surface area (Å²) in [5.74, 6) is 0. The van der Waals surface area contributed by atoms with E-state index in [0.29, 0.717) is 0 Å². The Morgan fingerprint density at radius 2 is 2.12 bits per heavy atom. The van der Waals surface area contributed by atoms with E-state index in [0.717, 1.165) is 28.0 Å². The first kappa shape index (κ1) is 12.0. The van der Waals surface area contributed by atoms with Crippen LogP contribution in [-0.2, 0) is 6.54 Å². The van der Waals surface area contributed by atoms with E-state index in [1.807, 2.05) is 26.1 Å². The van der Waals surface area contributed by atoms with Crippen molar-refractivity contribution in [2.75, 3.05) is 7.05 Å². The molecule has 0 unspecified atom stereocenters. The zero-order valence-corrected chi connectivity index (χ0v) is 10.7. The zero-order valence-electron chi connectivity index (χ0n) is 9.84. The summed E-state index contributed by atoms with van der Waals surface area (Å²) in [6.07, 6.45) is 3.56. The molecule has 0 aliphatic rings. The maximum atomic E-state index is 4.37. The molecule has 0 radical (unpaired) electrons. The van der Waals surface area contributed by atoms with Crippen LogP contribution in [-0.4, -0.2) is 22.0 Å². The third-order valence-electron chi connectivity index (χ3n) is 2.18. The van der Waals surface area contributed by atoms with E-state index < -0.39 is 0 Å². The molecule has 2 heterocycles. The molecule has 88 valence electrons. The second-order valence-electron chi connectivity index (χ2n) is 3.58. The van der Waals surface area contributed by atoms with Crippen LogP contribution in [0.3, 0.4) is 0 Å². The van der Waals surface area contributed by atoms with Crippen LogP contribution in [0.4, 0.5) is 0 Å². The minimum Gasteiger partial charge on any atom is -0.316 e. The molecule has 0 aromatic carbocycles. The van der Waals surface area contributed by atoms with Crippen molar-refractivity contribution in [3.8, 4) is 0 Å². The molecule has 0 aliphatic heterocycles. The molecule has 0 bridgehead atoms. The number of rotatable bonds is 4. The Hall–Kier alpha value is -1.46. The average molecular weight is 246 g/mol. The molecule has 5 heteroatoms. The van der Waals surface area contributed by atoms with E-state index in [1.54, 1.807) is 12.4 Å². The van der Waals surface area contributed by atoms with Gasteiger partial charge in [-0.25, -0.2) is 15.0 Å². The van der Waals surface area contributed by atoms with E-state index >= 15 is 0 Å². The third-order valence-corrected chi connectivity index (χ3v) is 3.12. The Kier molecular flexibility index (Phi) is 4.06. The first-order chi connectivity index (χ1) is 8.29. The summed E-state index contributed by atoms with van der Waals surface area (Å²) in [5.41, 5.74) is 2.12. The summed E-state index contributed by atoms with van der Waals surface area (Å²) >= 11 is 1.49. The second kappa shape index (κ2) is 5.75. The molecule has 17 heavy (non-hydrogen) atoms. The van der Waals surface area contributed by atoms with Crippen LogP contribution in [0.2, 0.25) is 0 Å². The Labute approximate surface area is 105 Å². The minimum atomic E-state index is 0.737. The Morgan fingerprint density at radius 1 is 1.24 bits per heavy atom. The molecule has 2 rings (SSSR count). The summed E-state index contributed by atoms with van der Waals surface area (Å²) in [4.78, 5) is 13.0. The van der Waals surface area contributed by atoms with E-state index in [2.05, 4.69) is 26.3 Å². The van der Waals surface area contributed by atoms with Gasteiger partial charge in [0.15, 0.2) is 5.16 Å². The van der Waals surface area contributed by atoms with Crippen molar-refractivity contribution >= 4 is 11.8 Å². The van der Waals surface area contributed by atoms with E-state index in [9.17, 15) is 0 Å². The quantitative estimate of drug-likeness (QED) is 0.837. The van der Waals surface area contributed by atoms with Gasteiger partial charge in [-0.1, -0.05) is 6.07 Å². The lowest BCUT2D eigenvalue weighted by Crippen LogP contribution is -2.06. The van der Waals surface area contributed by atoms with Crippen molar-refractivity contribution in [2.24, 2.45) is 0 Å². The lowest BCUT2D eigenvalue weighted by atomic mass is 10.3. The first-order valence-electron chi connectivity index (χ1n) is 5.35. The van der Waals surface area contributed by atoms with E-state index in [-0.39, 0.29) is 0 Å². The Morgan fingerprint density at radius 3 is 2.88 bits per heavy atom. The predicted octanol–water partition coefficient (Wildman–Crippen LogP) is 2.05. The van der Waals surface area contributed by atoms with Gasteiger partial charge in [-0.2, -0.15) is 0 Å².